The van der Waals surface area contributed by atoms with Crippen molar-refractivity contribution in [1.82, 2.24) is 15.0 Å². The number of nitrogens with zero attached hydrogens (tertiary/aromatic N) is 2. The van der Waals surface area contributed by atoms with Crippen LogP contribution in [0.3, 0.4) is 0 Å². The minimum absolute atomic E-state index is 0.292. The summed E-state index contributed by atoms with van der Waals surface area (Å²) in [5, 5.41) is 3.29. The average Bonchev–Trinajstić information content (AvgIpc) is 3.43. The maximum Gasteiger partial charge on any atom is 0.141 e. The molecule has 0 saturated carbocycles. The van der Waals surface area contributed by atoms with E-state index >= 15 is 4.39 Å². The Morgan fingerprint density at radius 2 is 2.00 bits per heavy atom. The number of aromatic amines is 1. The van der Waals surface area contributed by atoms with Crippen LogP contribution in [0.5, 0.6) is 0 Å². The summed E-state index contributed by atoms with van der Waals surface area (Å²) in [5.41, 5.74) is 13.1. The third kappa shape index (κ3) is 3.45. The molecule has 5 nitrogen and oxygen atoms in total. The smallest absolute Gasteiger partial charge is 0.141 e. The molecule has 4 aromatic rings. The number of fused-ring (bicyclic) bond motifs is 2. The van der Waals surface area contributed by atoms with Crippen LogP contribution in [0, 0.1) is 12.7 Å². The first-order valence-corrected chi connectivity index (χ1v) is 11.9. The molecule has 7 heteroatoms. The van der Waals surface area contributed by atoms with E-state index in [-0.39, 0.29) is 5.82 Å². The lowest BCUT2D eigenvalue weighted by atomic mass is 9.94. The minimum atomic E-state index is -0.292. The number of rotatable bonds is 3. The number of nitrogens with two attached hydrogens (primary N) is 1. The molecular weight excluding hydrogens is 445 g/mol. The molecule has 0 bridgehead atoms. The summed E-state index contributed by atoms with van der Waals surface area (Å²) in [6, 6.07) is 11.6. The van der Waals surface area contributed by atoms with Crippen LogP contribution >= 0.6 is 11.3 Å². The number of aryl methyl sites for hydroxylation is 1. The molecule has 0 saturated heterocycles. The zero-order chi connectivity index (χ0) is 23.2. The molecule has 3 aromatic heterocycles. The molecule has 0 atom stereocenters. The monoisotopic (exact) mass is 467 g/mol. The second-order valence-electron chi connectivity index (χ2n) is 8.41. The number of aromatic nitrogens is 3. The normalized spacial score (nSPS) is 14.8. The number of halogens is 1. The van der Waals surface area contributed by atoms with Crippen molar-refractivity contribution < 1.29 is 4.39 Å². The van der Waals surface area contributed by atoms with E-state index in [4.69, 9.17) is 10.7 Å². The number of benzene rings is 1. The van der Waals surface area contributed by atoms with Crippen LogP contribution in [0.15, 0.2) is 72.7 Å². The molecule has 1 aromatic carbocycles. The molecule has 0 unspecified atom stereocenters. The van der Waals surface area contributed by atoms with Crippen molar-refractivity contribution in [1.29, 1.82) is 0 Å². The molecule has 0 spiro atoms. The van der Waals surface area contributed by atoms with Crippen LogP contribution < -0.4 is 11.1 Å². The van der Waals surface area contributed by atoms with E-state index < -0.39 is 0 Å². The Morgan fingerprint density at radius 3 is 2.79 bits per heavy atom. The van der Waals surface area contributed by atoms with Gasteiger partial charge in [0.05, 0.1) is 5.69 Å². The van der Waals surface area contributed by atoms with E-state index in [2.05, 4.69) is 34.3 Å². The number of imidazole rings is 1. The van der Waals surface area contributed by atoms with Gasteiger partial charge in [0.2, 0.25) is 0 Å². The molecule has 1 aliphatic carbocycles. The van der Waals surface area contributed by atoms with Gasteiger partial charge in [0.1, 0.15) is 11.6 Å². The highest BCUT2D eigenvalue weighted by atomic mass is 32.1. The average molecular weight is 468 g/mol. The zero-order valence-electron chi connectivity index (χ0n) is 18.5. The number of nitrogens with one attached hydrogen (secondary N) is 2. The van der Waals surface area contributed by atoms with Crippen LogP contribution in [0.2, 0.25) is 0 Å². The third-order valence-corrected chi connectivity index (χ3v) is 7.16. The number of H-pyrrole nitrogens is 1. The summed E-state index contributed by atoms with van der Waals surface area (Å²) in [4.78, 5) is 15.0. The van der Waals surface area contributed by atoms with Crippen LogP contribution in [-0.2, 0) is 6.42 Å². The quantitative estimate of drug-likeness (QED) is 0.363. The van der Waals surface area contributed by atoms with Gasteiger partial charge in [-0.25, -0.2) is 9.37 Å². The Balaban J connectivity index is 1.49. The van der Waals surface area contributed by atoms with Gasteiger partial charge in [0, 0.05) is 80.0 Å². The Kier molecular flexibility index (Phi) is 4.92. The first kappa shape index (κ1) is 20.6. The van der Waals surface area contributed by atoms with Gasteiger partial charge >= 0.3 is 0 Å². The van der Waals surface area contributed by atoms with Gasteiger partial charge in [-0.1, -0.05) is 12.1 Å². The summed E-state index contributed by atoms with van der Waals surface area (Å²) in [5.74, 6) is 0.350. The van der Waals surface area contributed by atoms with Crippen molar-refractivity contribution in [3.05, 3.63) is 111 Å². The van der Waals surface area contributed by atoms with E-state index in [9.17, 15) is 0 Å². The predicted octanol–water partition coefficient (Wildman–Crippen LogP) is 5.67. The number of anilines is 1. The van der Waals surface area contributed by atoms with Crippen molar-refractivity contribution >= 4 is 28.2 Å². The Labute approximate surface area is 200 Å². The molecule has 4 N–H and O–H groups in total. The molecule has 0 fully saturated rings. The molecule has 34 heavy (non-hydrogen) atoms. The van der Waals surface area contributed by atoms with Gasteiger partial charge in [-0.2, -0.15) is 0 Å². The largest absolute Gasteiger partial charge is 0.402 e. The number of pyridine rings is 1. The molecule has 168 valence electrons. The van der Waals surface area contributed by atoms with Gasteiger partial charge in [0.25, 0.3) is 0 Å². The standard InChI is InChI=1S/C27H22FN5S/c1-15-4-9-23(34-15)19-6-5-17(29)13-22-26(19)33-27(32-22)20-10-12-31-21-8-7-18(25(28)24(20)21)16-3-2-11-30-14-16/h2-11,14,31H,12-13,29H2,1H3,(H,32,33). The molecule has 0 radical (unpaired) electrons. The topological polar surface area (TPSA) is 79.6 Å². The molecule has 2 aliphatic rings. The van der Waals surface area contributed by atoms with Crippen LogP contribution in [0.1, 0.15) is 32.5 Å². The maximum absolute atomic E-state index is 15.9. The molecule has 0 amide bonds. The van der Waals surface area contributed by atoms with Crippen LogP contribution in [-0.4, -0.2) is 21.5 Å². The van der Waals surface area contributed by atoms with E-state index in [1.54, 1.807) is 29.8 Å². The fraction of sp³-hybridized carbons (Fsp3) is 0.111. The van der Waals surface area contributed by atoms with Crippen molar-refractivity contribution in [2.45, 2.75) is 13.3 Å². The Bertz CT molecular complexity index is 1510. The molecule has 4 heterocycles. The van der Waals surface area contributed by atoms with Gasteiger partial charge in [-0.15, -0.1) is 11.3 Å². The highest BCUT2D eigenvalue weighted by molar-refractivity contribution is 7.13. The van der Waals surface area contributed by atoms with Crippen LogP contribution in [0.25, 0.3) is 22.3 Å². The first-order valence-electron chi connectivity index (χ1n) is 11.1. The SMILES string of the molecule is Cc1ccc(C2=CC=C(N)Cc3[nH]c(C4=CCNc5ccc(-c6cccnc6)c(F)c54)nc32)s1. The Morgan fingerprint density at radius 1 is 1.09 bits per heavy atom. The van der Waals surface area contributed by atoms with Crippen molar-refractivity contribution in [2.75, 3.05) is 11.9 Å². The molecular formula is C27H22FN5S. The summed E-state index contributed by atoms with van der Waals surface area (Å²) in [7, 11) is 0. The summed E-state index contributed by atoms with van der Waals surface area (Å²) in [6.45, 7) is 2.68. The van der Waals surface area contributed by atoms with Crippen molar-refractivity contribution in [3.63, 3.8) is 0 Å². The highest BCUT2D eigenvalue weighted by Crippen LogP contribution is 2.40. The predicted molar refractivity (Wildman–Crippen MR) is 136 cm³/mol. The summed E-state index contributed by atoms with van der Waals surface area (Å²) < 4.78 is 15.9. The highest BCUT2D eigenvalue weighted by Gasteiger charge is 2.26. The fourth-order valence-corrected chi connectivity index (χ4v) is 5.40. The van der Waals surface area contributed by atoms with E-state index in [0.717, 1.165) is 44.4 Å². The second kappa shape index (κ2) is 8.11. The number of thiophene rings is 1. The van der Waals surface area contributed by atoms with E-state index in [1.165, 1.54) is 4.88 Å². The summed E-state index contributed by atoms with van der Waals surface area (Å²) in [6.07, 6.45) is 9.87. The lowest BCUT2D eigenvalue weighted by Crippen LogP contribution is -2.12. The zero-order valence-corrected chi connectivity index (χ0v) is 19.3. The second-order valence-corrected chi connectivity index (χ2v) is 9.70. The lowest BCUT2D eigenvalue weighted by Gasteiger charge is -2.20. The lowest BCUT2D eigenvalue weighted by molar-refractivity contribution is 0.627. The molecule has 6 rings (SSSR count). The van der Waals surface area contributed by atoms with Crippen molar-refractivity contribution in [2.24, 2.45) is 5.73 Å². The summed E-state index contributed by atoms with van der Waals surface area (Å²) >= 11 is 1.72. The fourth-order valence-electron chi connectivity index (χ4n) is 4.51. The number of hydrogen-bond donors (Lipinski definition) is 3. The van der Waals surface area contributed by atoms with E-state index in [1.807, 2.05) is 36.4 Å². The van der Waals surface area contributed by atoms with Gasteiger partial charge in [-0.05, 0) is 49.4 Å². The number of hydrogen-bond acceptors (Lipinski definition) is 5. The van der Waals surface area contributed by atoms with E-state index in [0.29, 0.717) is 29.9 Å². The van der Waals surface area contributed by atoms with Gasteiger partial charge < -0.3 is 16.0 Å². The van der Waals surface area contributed by atoms with Gasteiger partial charge in [-0.3, -0.25) is 4.98 Å². The minimum Gasteiger partial charge on any atom is -0.402 e. The maximum atomic E-state index is 15.9. The van der Waals surface area contributed by atoms with Crippen molar-refractivity contribution in [3.8, 4) is 11.1 Å². The van der Waals surface area contributed by atoms with Crippen LogP contribution in [0.4, 0.5) is 10.1 Å². The Hall–Kier alpha value is -3.97. The molecule has 1 aliphatic heterocycles. The number of allylic oxidation sites excluding steroid dienone is 3. The first-order chi connectivity index (χ1) is 16.6. The van der Waals surface area contributed by atoms with Gasteiger partial charge in [0.15, 0.2) is 0 Å². The third-order valence-electron chi connectivity index (χ3n) is 6.12.